The molecule has 3 heterocycles. The Bertz CT molecular complexity index is 870. The van der Waals surface area contributed by atoms with Crippen LogP contribution in [-0.2, 0) is 16.0 Å². The van der Waals surface area contributed by atoms with E-state index in [1.54, 1.807) is 40.4 Å². The molecule has 1 fully saturated rings. The Morgan fingerprint density at radius 3 is 2.59 bits per heavy atom. The largest absolute Gasteiger partial charge is 0.482 e. The SMILES string of the molecule is O=C1COc2ccc(CC(=O)N3CCN(C(=O)c4cc[nH]c4)CC3)cc2N1. The molecule has 0 aliphatic carbocycles. The zero-order chi connectivity index (χ0) is 18.8. The number of H-pyrrole nitrogens is 1. The predicted octanol–water partition coefficient (Wildman–Crippen LogP) is 0.873. The van der Waals surface area contributed by atoms with Gasteiger partial charge in [0.25, 0.3) is 11.8 Å². The van der Waals surface area contributed by atoms with E-state index in [2.05, 4.69) is 10.3 Å². The normalized spacial score (nSPS) is 16.4. The lowest BCUT2D eigenvalue weighted by molar-refractivity contribution is -0.131. The van der Waals surface area contributed by atoms with Gasteiger partial charge in [-0.15, -0.1) is 0 Å². The molecule has 3 amide bonds. The maximum atomic E-state index is 12.6. The van der Waals surface area contributed by atoms with Crippen LogP contribution in [0.15, 0.2) is 36.7 Å². The van der Waals surface area contributed by atoms with Crippen molar-refractivity contribution in [3.05, 3.63) is 47.8 Å². The number of anilines is 1. The maximum absolute atomic E-state index is 12.6. The first-order chi connectivity index (χ1) is 13.1. The van der Waals surface area contributed by atoms with E-state index in [9.17, 15) is 14.4 Å². The molecular weight excluding hydrogens is 348 g/mol. The van der Waals surface area contributed by atoms with E-state index in [4.69, 9.17) is 4.74 Å². The fourth-order valence-corrected chi connectivity index (χ4v) is 3.33. The number of carbonyl (C=O) groups excluding carboxylic acids is 3. The van der Waals surface area contributed by atoms with Crippen LogP contribution in [0.25, 0.3) is 0 Å². The van der Waals surface area contributed by atoms with Gasteiger partial charge in [-0.25, -0.2) is 0 Å². The monoisotopic (exact) mass is 368 g/mol. The highest BCUT2D eigenvalue weighted by Gasteiger charge is 2.25. The summed E-state index contributed by atoms with van der Waals surface area (Å²) in [6.07, 6.45) is 3.65. The number of carbonyl (C=O) groups is 3. The first-order valence-electron chi connectivity index (χ1n) is 8.85. The van der Waals surface area contributed by atoms with Gasteiger partial charge in [0.05, 0.1) is 17.7 Å². The van der Waals surface area contributed by atoms with Crippen LogP contribution >= 0.6 is 0 Å². The topological polar surface area (TPSA) is 94.7 Å². The van der Waals surface area contributed by atoms with Crippen LogP contribution in [0.2, 0.25) is 0 Å². The summed E-state index contributed by atoms with van der Waals surface area (Å²) in [5.41, 5.74) is 2.04. The van der Waals surface area contributed by atoms with Crippen molar-refractivity contribution in [1.29, 1.82) is 0 Å². The molecule has 4 rings (SSSR count). The van der Waals surface area contributed by atoms with Crippen molar-refractivity contribution < 1.29 is 19.1 Å². The van der Waals surface area contributed by atoms with Gasteiger partial charge in [0.15, 0.2) is 6.61 Å². The molecule has 2 aliphatic rings. The molecule has 8 heteroatoms. The van der Waals surface area contributed by atoms with Crippen molar-refractivity contribution in [3.63, 3.8) is 0 Å². The van der Waals surface area contributed by atoms with Crippen molar-refractivity contribution in [3.8, 4) is 5.75 Å². The van der Waals surface area contributed by atoms with Crippen molar-refractivity contribution in [1.82, 2.24) is 14.8 Å². The highest BCUT2D eigenvalue weighted by Crippen LogP contribution is 2.28. The molecule has 0 saturated carbocycles. The minimum atomic E-state index is -0.200. The predicted molar refractivity (Wildman–Crippen MR) is 97.5 cm³/mol. The van der Waals surface area contributed by atoms with Crippen LogP contribution in [-0.4, -0.2) is 65.3 Å². The van der Waals surface area contributed by atoms with Crippen LogP contribution in [0.1, 0.15) is 15.9 Å². The standard InChI is InChI=1S/C19H20N4O4/c24-17-12-27-16-2-1-13(9-15(16)21-17)10-18(25)22-5-7-23(8-6-22)19(26)14-3-4-20-11-14/h1-4,9,11,20H,5-8,10,12H2,(H,21,24). The quantitative estimate of drug-likeness (QED) is 0.841. The summed E-state index contributed by atoms with van der Waals surface area (Å²) in [6.45, 7) is 2.07. The molecule has 0 spiro atoms. The summed E-state index contributed by atoms with van der Waals surface area (Å²) >= 11 is 0. The van der Waals surface area contributed by atoms with Gasteiger partial charge >= 0.3 is 0 Å². The molecule has 1 saturated heterocycles. The number of aromatic amines is 1. The van der Waals surface area contributed by atoms with Gasteiger partial charge in [-0.3, -0.25) is 14.4 Å². The van der Waals surface area contributed by atoms with Crippen LogP contribution < -0.4 is 10.1 Å². The number of fused-ring (bicyclic) bond motifs is 1. The Kier molecular flexibility index (Phi) is 4.53. The van der Waals surface area contributed by atoms with Crippen molar-refractivity contribution in [2.75, 3.05) is 38.1 Å². The molecule has 140 valence electrons. The number of ether oxygens (including phenoxy) is 1. The minimum Gasteiger partial charge on any atom is -0.482 e. The highest BCUT2D eigenvalue weighted by molar-refractivity contribution is 5.96. The summed E-state index contributed by atoms with van der Waals surface area (Å²) in [7, 11) is 0. The summed E-state index contributed by atoms with van der Waals surface area (Å²) in [4.78, 5) is 42.8. The summed E-state index contributed by atoms with van der Waals surface area (Å²) in [5, 5.41) is 2.75. The number of nitrogens with one attached hydrogen (secondary N) is 2. The van der Waals surface area contributed by atoms with E-state index in [1.165, 1.54) is 0 Å². The average Bonchev–Trinajstić information content (AvgIpc) is 3.22. The van der Waals surface area contributed by atoms with Gasteiger partial charge in [-0.1, -0.05) is 6.07 Å². The third kappa shape index (κ3) is 3.64. The number of piperazine rings is 1. The zero-order valence-corrected chi connectivity index (χ0v) is 14.7. The lowest BCUT2D eigenvalue weighted by atomic mass is 10.1. The smallest absolute Gasteiger partial charge is 0.262 e. The minimum absolute atomic E-state index is 0.00625. The third-order valence-corrected chi connectivity index (χ3v) is 4.80. The molecular formula is C19H20N4O4. The van der Waals surface area contributed by atoms with Crippen molar-refractivity contribution >= 4 is 23.4 Å². The van der Waals surface area contributed by atoms with Crippen LogP contribution in [0.3, 0.4) is 0 Å². The fourth-order valence-electron chi connectivity index (χ4n) is 3.33. The van der Waals surface area contributed by atoms with Gasteiger partial charge < -0.3 is 24.8 Å². The summed E-state index contributed by atoms with van der Waals surface area (Å²) < 4.78 is 5.33. The highest BCUT2D eigenvalue weighted by atomic mass is 16.5. The van der Waals surface area contributed by atoms with Crippen molar-refractivity contribution in [2.24, 2.45) is 0 Å². The third-order valence-electron chi connectivity index (χ3n) is 4.80. The Morgan fingerprint density at radius 1 is 1.07 bits per heavy atom. The van der Waals surface area contributed by atoms with E-state index < -0.39 is 0 Å². The van der Waals surface area contributed by atoms with Gasteiger partial charge in [0, 0.05) is 38.6 Å². The molecule has 2 aromatic rings. The molecule has 0 atom stereocenters. The first kappa shape index (κ1) is 17.1. The molecule has 2 aliphatic heterocycles. The van der Waals surface area contributed by atoms with Gasteiger partial charge in [0.2, 0.25) is 5.91 Å². The Balaban J connectivity index is 1.34. The Hall–Kier alpha value is -3.29. The molecule has 1 aromatic heterocycles. The average molecular weight is 368 g/mol. The van der Waals surface area contributed by atoms with Gasteiger partial charge in [0.1, 0.15) is 5.75 Å². The van der Waals surface area contributed by atoms with Crippen molar-refractivity contribution in [2.45, 2.75) is 6.42 Å². The van der Waals surface area contributed by atoms with Crippen LogP contribution in [0, 0.1) is 0 Å². The van der Waals surface area contributed by atoms with E-state index >= 15 is 0 Å². The Labute approximate surface area is 156 Å². The molecule has 0 radical (unpaired) electrons. The fraction of sp³-hybridized carbons (Fsp3) is 0.316. The first-order valence-corrected chi connectivity index (χ1v) is 8.85. The van der Waals surface area contributed by atoms with E-state index in [1.807, 2.05) is 6.07 Å². The van der Waals surface area contributed by atoms with E-state index in [-0.39, 0.29) is 30.7 Å². The molecule has 0 bridgehead atoms. The van der Waals surface area contributed by atoms with Gasteiger partial charge in [-0.05, 0) is 23.8 Å². The lowest BCUT2D eigenvalue weighted by Gasteiger charge is -2.34. The van der Waals surface area contributed by atoms with Crippen LogP contribution in [0.5, 0.6) is 5.75 Å². The number of nitrogens with zero attached hydrogens (tertiary/aromatic N) is 2. The number of hydrogen-bond acceptors (Lipinski definition) is 4. The molecule has 2 N–H and O–H groups in total. The number of hydrogen-bond donors (Lipinski definition) is 2. The Morgan fingerprint density at radius 2 is 1.85 bits per heavy atom. The lowest BCUT2D eigenvalue weighted by Crippen LogP contribution is -2.50. The number of rotatable bonds is 3. The number of amides is 3. The zero-order valence-electron chi connectivity index (χ0n) is 14.7. The second-order valence-electron chi connectivity index (χ2n) is 6.62. The number of aromatic nitrogens is 1. The maximum Gasteiger partial charge on any atom is 0.262 e. The van der Waals surface area contributed by atoms with Gasteiger partial charge in [-0.2, -0.15) is 0 Å². The van der Waals surface area contributed by atoms with E-state index in [0.717, 1.165) is 5.56 Å². The summed E-state index contributed by atoms with van der Waals surface area (Å²) in [5.74, 6) is 0.400. The molecule has 27 heavy (non-hydrogen) atoms. The molecule has 0 unspecified atom stereocenters. The summed E-state index contributed by atoms with van der Waals surface area (Å²) in [6, 6.07) is 7.12. The second kappa shape index (κ2) is 7.14. The number of benzene rings is 1. The van der Waals surface area contributed by atoms with E-state index in [0.29, 0.717) is 43.2 Å². The second-order valence-corrected chi connectivity index (χ2v) is 6.62. The van der Waals surface area contributed by atoms with Crippen LogP contribution in [0.4, 0.5) is 5.69 Å². The molecule has 1 aromatic carbocycles. The molecule has 8 nitrogen and oxygen atoms in total.